The van der Waals surface area contributed by atoms with E-state index in [1.54, 1.807) is 41.2 Å². The molecule has 0 aliphatic carbocycles. The number of benzene rings is 1. The summed E-state index contributed by atoms with van der Waals surface area (Å²) in [6.45, 7) is 0.401. The van der Waals surface area contributed by atoms with E-state index in [-0.39, 0.29) is 5.82 Å². The van der Waals surface area contributed by atoms with Crippen molar-refractivity contribution in [3.8, 4) is 40.1 Å². The zero-order valence-corrected chi connectivity index (χ0v) is 17.7. The first kappa shape index (κ1) is 19.5. The highest BCUT2D eigenvalue weighted by Crippen LogP contribution is 2.32. The molecule has 34 heavy (non-hydrogen) atoms. The minimum absolute atomic E-state index is 0.226. The van der Waals surface area contributed by atoms with Gasteiger partial charge in [-0.15, -0.1) is 5.10 Å². The largest absolute Gasteiger partial charge is 0.381 e. The normalized spacial score (nSPS) is 11.1. The highest BCUT2D eigenvalue weighted by atomic mass is 15.3. The first-order valence-electron chi connectivity index (χ1n) is 10.4. The molecule has 6 rings (SSSR count). The molecule has 0 spiro atoms. The summed E-state index contributed by atoms with van der Waals surface area (Å²) in [6.07, 6.45) is 6.82. The van der Waals surface area contributed by atoms with Crippen molar-refractivity contribution in [2.75, 3.05) is 5.73 Å². The van der Waals surface area contributed by atoms with Crippen LogP contribution in [0.5, 0.6) is 0 Å². The molecule has 10 nitrogen and oxygen atoms in total. The molecule has 0 bridgehead atoms. The molecule has 3 aromatic heterocycles. The van der Waals surface area contributed by atoms with Crippen LogP contribution in [0.25, 0.3) is 39.7 Å². The molecule has 1 aromatic carbocycles. The minimum Gasteiger partial charge on any atom is -0.381 e. The number of nitrogen functional groups attached to an aromatic ring is 1. The molecule has 0 fully saturated rings. The zero-order chi connectivity index (χ0) is 23.1. The molecule has 2 aliphatic rings. The molecule has 10 heteroatoms. The second kappa shape index (κ2) is 7.75. The van der Waals surface area contributed by atoms with Crippen molar-refractivity contribution >= 4 is 11.5 Å². The maximum absolute atomic E-state index is 9.37. The van der Waals surface area contributed by atoms with Crippen LogP contribution in [0.3, 0.4) is 0 Å². The predicted octanol–water partition coefficient (Wildman–Crippen LogP) is 3.05. The van der Waals surface area contributed by atoms with E-state index in [4.69, 9.17) is 10.8 Å². The van der Waals surface area contributed by atoms with Crippen LogP contribution in [0.1, 0.15) is 11.4 Å². The first-order valence-corrected chi connectivity index (χ1v) is 10.4. The van der Waals surface area contributed by atoms with E-state index in [9.17, 15) is 5.26 Å². The molecular formula is C24H16N10. The fraction of sp³-hybridized carbons (Fsp3) is 0.0417. The number of fused-ring (bicyclic) bond motifs is 2. The number of pyridine rings is 1. The van der Waals surface area contributed by atoms with Crippen LogP contribution in [0, 0.1) is 11.3 Å². The Morgan fingerprint density at radius 1 is 0.971 bits per heavy atom. The number of nitrogens with zero attached hydrogens (tertiary/aromatic N) is 9. The van der Waals surface area contributed by atoms with Crippen molar-refractivity contribution in [3.63, 3.8) is 0 Å². The molecule has 0 saturated heterocycles. The van der Waals surface area contributed by atoms with E-state index >= 15 is 0 Å². The van der Waals surface area contributed by atoms with Gasteiger partial charge < -0.3 is 10.3 Å². The zero-order valence-electron chi connectivity index (χ0n) is 17.7. The van der Waals surface area contributed by atoms with Crippen LogP contribution in [0.4, 0.5) is 5.82 Å². The smallest absolute Gasteiger partial charge is 0.199 e. The standard InChI is InChI=1S/C24H16N10/c25-12-15-3-1-4-17(11-15)20-21(18-7-8-27-14-29-18)34-24(22(26)31-20)30-19(32-34)13-33-10-2-5-16-6-9-28-23(16)33/h1-11,14H,13H2,(H2,26,31). The Morgan fingerprint density at radius 3 is 2.74 bits per heavy atom. The number of nitriles is 1. The van der Waals surface area contributed by atoms with E-state index < -0.39 is 0 Å². The van der Waals surface area contributed by atoms with E-state index in [0.717, 1.165) is 17.0 Å². The van der Waals surface area contributed by atoms with Gasteiger partial charge in [0.15, 0.2) is 17.3 Å². The van der Waals surface area contributed by atoms with Gasteiger partial charge in [-0.3, -0.25) is 0 Å². The average Bonchev–Trinajstić information content (AvgIpc) is 3.53. The van der Waals surface area contributed by atoms with Gasteiger partial charge in [0.2, 0.25) is 0 Å². The number of rotatable bonds is 4. The molecule has 162 valence electrons. The maximum atomic E-state index is 9.37. The SMILES string of the molecule is N#Cc1cccc(-c2nc(N)c3nc(Cn4cccc5ccnc4-5)nn3c2-c2ccncn2)c1. The number of hydrogen-bond donors (Lipinski definition) is 1. The lowest BCUT2D eigenvalue weighted by molar-refractivity contribution is 0.732. The van der Waals surface area contributed by atoms with E-state index in [0.29, 0.717) is 40.7 Å². The lowest BCUT2D eigenvalue weighted by atomic mass is 10.0. The van der Waals surface area contributed by atoms with Crippen molar-refractivity contribution in [1.82, 2.24) is 39.1 Å². The summed E-state index contributed by atoms with van der Waals surface area (Å²) in [5.41, 5.74) is 10.8. The van der Waals surface area contributed by atoms with Crippen molar-refractivity contribution in [1.29, 1.82) is 5.26 Å². The molecule has 0 radical (unpaired) electrons. The third-order valence-corrected chi connectivity index (χ3v) is 5.47. The second-order valence-electron chi connectivity index (χ2n) is 7.60. The molecule has 5 heterocycles. The first-order chi connectivity index (χ1) is 16.7. The second-order valence-corrected chi connectivity index (χ2v) is 7.60. The Bertz CT molecular complexity index is 1660. The van der Waals surface area contributed by atoms with Crippen molar-refractivity contribution in [2.24, 2.45) is 0 Å². The molecule has 0 atom stereocenters. The summed E-state index contributed by atoms with van der Waals surface area (Å²) in [6, 6.07) is 17.0. The minimum atomic E-state index is 0.226. The van der Waals surface area contributed by atoms with Gasteiger partial charge in [-0.25, -0.2) is 29.4 Å². The Balaban J connectivity index is 1.57. The molecule has 2 aliphatic heterocycles. The van der Waals surface area contributed by atoms with Crippen LogP contribution in [0.2, 0.25) is 0 Å². The van der Waals surface area contributed by atoms with Gasteiger partial charge in [-0.05, 0) is 36.4 Å². The number of nitrogens with two attached hydrogens (primary N) is 1. The van der Waals surface area contributed by atoms with Gasteiger partial charge in [0.05, 0.1) is 23.9 Å². The average molecular weight is 444 g/mol. The van der Waals surface area contributed by atoms with Gasteiger partial charge in [-0.1, -0.05) is 12.1 Å². The maximum Gasteiger partial charge on any atom is 0.199 e. The quantitative estimate of drug-likeness (QED) is 0.438. The van der Waals surface area contributed by atoms with Crippen molar-refractivity contribution < 1.29 is 0 Å². The summed E-state index contributed by atoms with van der Waals surface area (Å²) >= 11 is 0. The molecule has 0 saturated carbocycles. The van der Waals surface area contributed by atoms with Crippen molar-refractivity contribution in [2.45, 2.75) is 6.54 Å². The predicted molar refractivity (Wildman–Crippen MR) is 124 cm³/mol. The topological polar surface area (TPSA) is 136 Å². The number of anilines is 1. The number of hydrogen-bond acceptors (Lipinski definition) is 8. The summed E-state index contributed by atoms with van der Waals surface area (Å²) in [5.74, 6) is 1.62. The lowest BCUT2D eigenvalue weighted by Gasteiger charge is -2.11. The van der Waals surface area contributed by atoms with Crippen LogP contribution < -0.4 is 5.73 Å². The van der Waals surface area contributed by atoms with Gasteiger partial charge in [0.1, 0.15) is 23.5 Å². The van der Waals surface area contributed by atoms with Crippen LogP contribution in [-0.4, -0.2) is 39.1 Å². The number of aromatic nitrogens is 8. The Morgan fingerprint density at radius 2 is 1.88 bits per heavy atom. The molecule has 2 N–H and O–H groups in total. The molecule has 4 aromatic rings. The van der Waals surface area contributed by atoms with E-state index in [2.05, 4.69) is 31.0 Å². The molecule has 0 unspecified atom stereocenters. The lowest BCUT2D eigenvalue weighted by Crippen LogP contribution is -2.07. The summed E-state index contributed by atoms with van der Waals surface area (Å²) in [4.78, 5) is 22.2. The van der Waals surface area contributed by atoms with Gasteiger partial charge in [0, 0.05) is 29.7 Å². The van der Waals surface area contributed by atoms with Crippen LogP contribution >= 0.6 is 0 Å². The van der Waals surface area contributed by atoms with Crippen LogP contribution in [-0.2, 0) is 6.54 Å². The van der Waals surface area contributed by atoms with Gasteiger partial charge in [0.25, 0.3) is 0 Å². The highest BCUT2D eigenvalue weighted by molar-refractivity contribution is 5.81. The fourth-order valence-corrected chi connectivity index (χ4v) is 3.97. The fourth-order valence-electron chi connectivity index (χ4n) is 3.97. The summed E-state index contributed by atoms with van der Waals surface area (Å²) in [5, 5.41) is 14.2. The van der Waals surface area contributed by atoms with Gasteiger partial charge in [-0.2, -0.15) is 5.26 Å². The molecule has 0 amide bonds. The highest BCUT2D eigenvalue weighted by Gasteiger charge is 2.21. The van der Waals surface area contributed by atoms with Crippen molar-refractivity contribution in [3.05, 3.63) is 84.8 Å². The summed E-state index contributed by atoms with van der Waals surface area (Å²) < 4.78 is 3.64. The Kier molecular flexibility index (Phi) is 4.45. The summed E-state index contributed by atoms with van der Waals surface area (Å²) in [7, 11) is 0. The Hall–Kier alpha value is -5.17. The monoisotopic (exact) mass is 444 g/mol. The van der Waals surface area contributed by atoms with Gasteiger partial charge >= 0.3 is 0 Å². The third kappa shape index (κ3) is 3.20. The van der Waals surface area contributed by atoms with E-state index in [1.807, 2.05) is 35.0 Å². The third-order valence-electron chi connectivity index (χ3n) is 5.47. The Labute approximate surface area is 193 Å². The van der Waals surface area contributed by atoms with E-state index in [1.165, 1.54) is 6.33 Å². The van der Waals surface area contributed by atoms with Crippen LogP contribution in [0.15, 0.2) is 73.4 Å². The molecular weight excluding hydrogens is 428 g/mol.